The number of nitro benzene ring substituents is 1. The average molecular weight is 363 g/mol. The fraction of sp³-hybridized carbons (Fsp3) is 0.250. The Morgan fingerprint density at radius 1 is 1.38 bits per heavy atom. The molecule has 0 fully saturated rings. The molecule has 1 aromatic rings. The zero-order valence-electron chi connectivity index (χ0n) is 7.52. The molecule has 0 amide bonds. The molecule has 0 saturated heterocycles. The first-order valence-electron chi connectivity index (χ1n) is 3.87. The fourth-order valence-corrected chi connectivity index (χ4v) is 2.40. The summed E-state index contributed by atoms with van der Waals surface area (Å²) in [7, 11) is 0. The van der Waals surface area contributed by atoms with Crippen LogP contribution in [-0.2, 0) is 11.5 Å². The van der Waals surface area contributed by atoms with Gasteiger partial charge in [-0.1, -0.05) is 31.9 Å². The van der Waals surface area contributed by atoms with Crippen molar-refractivity contribution in [2.24, 2.45) is 0 Å². The number of halogens is 5. The van der Waals surface area contributed by atoms with Gasteiger partial charge in [-0.25, -0.2) is 0 Å². The van der Waals surface area contributed by atoms with Gasteiger partial charge in [-0.3, -0.25) is 10.1 Å². The van der Waals surface area contributed by atoms with Crippen LogP contribution in [0.15, 0.2) is 16.6 Å². The van der Waals surface area contributed by atoms with E-state index in [1.165, 1.54) is 0 Å². The van der Waals surface area contributed by atoms with Gasteiger partial charge in [-0.15, -0.1) is 0 Å². The largest absolute Gasteiger partial charge is 0.423 e. The minimum atomic E-state index is -4.74. The minimum Gasteiger partial charge on any atom is -0.258 e. The molecule has 0 bridgehead atoms. The average Bonchev–Trinajstić information content (AvgIpc) is 2.15. The molecule has 0 spiro atoms. The second kappa shape index (κ2) is 4.70. The molecular weight excluding hydrogens is 359 g/mol. The molecule has 0 aliphatic heterocycles. The van der Waals surface area contributed by atoms with E-state index >= 15 is 0 Å². The van der Waals surface area contributed by atoms with Crippen molar-refractivity contribution in [3.05, 3.63) is 37.8 Å². The van der Waals surface area contributed by atoms with Crippen LogP contribution < -0.4 is 0 Å². The molecule has 0 saturated carbocycles. The second-order valence-electron chi connectivity index (χ2n) is 2.85. The van der Waals surface area contributed by atoms with Gasteiger partial charge in [-0.2, -0.15) is 13.2 Å². The highest BCUT2D eigenvalue weighted by Gasteiger charge is 2.38. The maximum absolute atomic E-state index is 12.5. The van der Waals surface area contributed by atoms with Crippen molar-refractivity contribution in [3.63, 3.8) is 0 Å². The quantitative estimate of drug-likeness (QED) is 0.448. The normalized spacial score (nSPS) is 11.6. The smallest absolute Gasteiger partial charge is 0.258 e. The van der Waals surface area contributed by atoms with Crippen LogP contribution in [-0.4, -0.2) is 4.92 Å². The first-order valence-corrected chi connectivity index (χ1v) is 5.78. The molecule has 3 nitrogen and oxygen atoms in total. The molecule has 0 aliphatic rings. The van der Waals surface area contributed by atoms with Gasteiger partial charge in [0.15, 0.2) is 0 Å². The predicted molar refractivity (Wildman–Crippen MR) is 58.4 cm³/mol. The lowest BCUT2D eigenvalue weighted by atomic mass is 10.1. The van der Waals surface area contributed by atoms with E-state index in [-0.39, 0.29) is 9.80 Å². The first kappa shape index (κ1) is 13.4. The summed E-state index contributed by atoms with van der Waals surface area (Å²) in [5.41, 5.74) is -1.89. The van der Waals surface area contributed by atoms with Gasteiger partial charge in [0.1, 0.15) is 5.56 Å². The summed E-state index contributed by atoms with van der Waals surface area (Å²) in [6, 6.07) is 1.62. The maximum atomic E-state index is 12.5. The Kier molecular flexibility index (Phi) is 3.95. The summed E-state index contributed by atoms with van der Waals surface area (Å²) in [6.07, 6.45) is -4.74. The lowest BCUT2D eigenvalue weighted by molar-refractivity contribution is -0.388. The van der Waals surface area contributed by atoms with Crippen LogP contribution in [0.2, 0.25) is 0 Å². The molecule has 1 rings (SSSR count). The molecule has 0 radical (unpaired) electrons. The summed E-state index contributed by atoms with van der Waals surface area (Å²) >= 11 is 5.98. The van der Waals surface area contributed by atoms with E-state index < -0.39 is 22.4 Å². The van der Waals surface area contributed by atoms with Crippen LogP contribution in [0.3, 0.4) is 0 Å². The van der Waals surface area contributed by atoms with Crippen LogP contribution in [0.4, 0.5) is 18.9 Å². The molecule has 0 N–H and O–H groups in total. The van der Waals surface area contributed by atoms with E-state index in [0.29, 0.717) is 5.56 Å². The molecule has 0 aromatic heterocycles. The topological polar surface area (TPSA) is 43.1 Å². The molecular formula is C8H4Br2F3NO2. The van der Waals surface area contributed by atoms with Crippen LogP contribution >= 0.6 is 31.9 Å². The Morgan fingerprint density at radius 3 is 2.31 bits per heavy atom. The lowest BCUT2D eigenvalue weighted by Crippen LogP contribution is -2.09. The molecule has 0 aliphatic carbocycles. The van der Waals surface area contributed by atoms with Crippen molar-refractivity contribution in [2.75, 3.05) is 0 Å². The highest BCUT2D eigenvalue weighted by atomic mass is 79.9. The monoisotopic (exact) mass is 361 g/mol. The number of nitrogens with zero attached hydrogens (tertiary/aromatic N) is 1. The number of nitro groups is 1. The van der Waals surface area contributed by atoms with E-state index in [1.54, 1.807) is 0 Å². The zero-order chi connectivity index (χ0) is 12.5. The van der Waals surface area contributed by atoms with Crippen LogP contribution in [0, 0.1) is 10.1 Å². The highest BCUT2D eigenvalue weighted by Crippen LogP contribution is 2.39. The van der Waals surface area contributed by atoms with Crippen molar-refractivity contribution in [3.8, 4) is 0 Å². The van der Waals surface area contributed by atoms with E-state index in [9.17, 15) is 23.3 Å². The number of hydrogen-bond acceptors (Lipinski definition) is 2. The van der Waals surface area contributed by atoms with Gasteiger partial charge in [0.05, 0.1) is 4.92 Å². The molecule has 0 atom stereocenters. The molecule has 1 aromatic carbocycles. The number of benzene rings is 1. The molecule has 8 heteroatoms. The van der Waals surface area contributed by atoms with E-state index in [4.69, 9.17) is 0 Å². The fourth-order valence-electron chi connectivity index (χ4n) is 1.09. The van der Waals surface area contributed by atoms with Gasteiger partial charge in [0, 0.05) is 15.9 Å². The molecule has 88 valence electrons. The Morgan fingerprint density at radius 2 is 1.94 bits per heavy atom. The van der Waals surface area contributed by atoms with Crippen molar-refractivity contribution in [1.82, 2.24) is 0 Å². The van der Waals surface area contributed by atoms with Crippen LogP contribution in [0.1, 0.15) is 11.1 Å². The van der Waals surface area contributed by atoms with Gasteiger partial charge in [0.25, 0.3) is 5.69 Å². The van der Waals surface area contributed by atoms with Gasteiger partial charge >= 0.3 is 6.18 Å². The third kappa shape index (κ3) is 2.73. The van der Waals surface area contributed by atoms with Crippen molar-refractivity contribution < 1.29 is 18.1 Å². The Balaban J connectivity index is 3.49. The minimum absolute atomic E-state index is 0.175. The molecule has 0 heterocycles. The number of alkyl halides is 4. The highest BCUT2D eigenvalue weighted by molar-refractivity contribution is 9.10. The van der Waals surface area contributed by atoms with Crippen molar-refractivity contribution in [2.45, 2.75) is 11.5 Å². The lowest BCUT2D eigenvalue weighted by Gasteiger charge is -2.10. The van der Waals surface area contributed by atoms with Gasteiger partial charge < -0.3 is 0 Å². The molecule has 16 heavy (non-hydrogen) atoms. The molecule has 0 unspecified atom stereocenters. The third-order valence-corrected chi connectivity index (χ3v) is 3.15. The van der Waals surface area contributed by atoms with E-state index in [2.05, 4.69) is 31.9 Å². The summed E-state index contributed by atoms with van der Waals surface area (Å²) in [4.78, 5) is 9.44. The van der Waals surface area contributed by atoms with Gasteiger partial charge in [-0.05, 0) is 11.6 Å². The summed E-state index contributed by atoms with van der Waals surface area (Å²) in [5, 5.41) is 10.7. The first-order chi connectivity index (χ1) is 7.27. The van der Waals surface area contributed by atoms with Gasteiger partial charge in [0.2, 0.25) is 0 Å². The zero-order valence-corrected chi connectivity index (χ0v) is 10.7. The number of rotatable bonds is 2. The Labute approximate surface area is 105 Å². The van der Waals surface area contributed by atoms with E-state index in [1.807, 2.05) is 0 Å². The third-order valence-electron chi connectivity index (χ3n) is 1.81. The maximum Gasteiger partial charge on any atom is 0.423 e. The van der Waals surface area contributed by atoms with Crippen molar-refractivity contribution in [1.29, 1.82) is 0 Å². The van der Waals surface area contributed by atoms with Crippen molar-refractivity contribution >= 4 is 37.5 Å². The standard InChI is InChI=1S/C8H4Br2F3NO2/c9-3-4-1-5(8(11,12)13)7(14(15)16)2-6(4)10/h1-2H,3H2. The summed E-state index contributed by atoms with van der Waals surface area (Å²) < 4.78 is 37.8. The van der Waals surface area contributed by atoms with E-state index in [0.717, 1.165) is 12.1 Å². The number of hydrogen-bond donors (Lipinski definition) is 0. The summed E-state index contributed by atoms with van der Waals surface area (Å²) in [5.74, 6) is 0. The predicted octanol–water partition coefficient (Wildman–Crippen LogP) is 4.27. The second-order valence-corrected chi connectivity index (χ2v) is 4.26. The Hall–Kier alpha value is -0.630. The van der Waals surface area contributed by atoms with Crippen LogP contribution in [0.25, 0.3) is 0 Å². The van der Waals surface area contributed by atoms with Crippen LogP contribution in [0.5, 0.6) is 0 Å². The summed E-state index contributed by atoms with van der Waals surface area (Å²) in [6.45, 7) is 0. The Bertz CT molecular complexity index is 434. The SMILES string of the molecule is O=[N+]([O-])c1cc(Br)c(CBr)cc1C(F)(F)F.